The van der Waals surface area contributed by atoms with Gasteiger partial charge in [0.15, 0.2) is 0 Å². The summed E-state index contributed by atoms with van der Waals surface area (Å²) in [5.41, 5.74) is -5.58. The summed E-state index contributed by atoms with van der Waals surface area (Å²) in [6, 6.07) is 17.2. The van der Waals surface area contributed by atoms with E-state index in [9.17, 15) is 30.0 Å². The summed E-state index contributed by atoms with van der Waals surface area (Å²) in [7, 11) is 0. The molecular formula is C44H54O12. The van der Waals surface area contributed by atoms with Gasteiger partial charge in [-0.05, 0) is 67.4 Å². The van der Waals surface area contributed by atoms with Crippen LogP contribution in [0.5, 0.6) is 0 Å². The largest absolute Gasteiger partial charge is 0.462 e. The summed E-state index contributed by atoms with van der Waals surface area (Å²) >= 11 is 0. The molecule has 2 aromatic rings. The Morgan fingerprint density at radius 3 is 2.16 bits per heavy atom. The lowest BCUT2D eigenvalue weighted by Gasteiger charge is -2.62. The van der Waals surface area contributed by atoms with Gasteiger partial charge >= 0.3 is 17.9 Å². The van der Waals surface area contributed by atoms with E-state index in [0.717, 1.165) is 25.7 Å². The first-order chi connectivity index (χ1) is 26.8. The first kappa shape index (κ1) is 38.3. The maximum atomic E-state index is 14.0. The van der Waals surface area contributed by atoms with Crippen LogP contribution in [0, 0.1) is 35.5 Å². The fourth-order valence-corrected chi connectivity index (χ4v) is 12.4. The third-order valence-electron chi connectivity index (χ3n) is 14.9. The number of hydrogen-bond acceptors (Lipinski definition) is 12. The first-order valence-electron chi connectivity index (χ1n) is 20.4. The Labute approximate surface area is 327 Å². The van der Waals surface area contributed by atoms with Crippen LogP contribution in [0.3, 0.4) is 0 Å². The molecule has 4 saturated heterocycles. The number of carbonyl (C=O) groups excluding carboxylic acids is 2. The minimum Gasteiger partial charge on any atom is -0.462 e. The fraction of sp³-hybridized carbons (Fsp3) is 0.636. The standard InChI is InChI=1S/C44H54O12/c1-24(2)40-21-29(22-51-37(47)27-16-10-7-11-17-27)43-32-35(40)54-44(55-40,56-43)30(46)20-14-6-5-9-15-25(3)31-26(4)34(52-38(48)28-18-12-8-13-19-28)42(50,33(31)43)39(49)41(23-45)36(32)53-41/h7-8,10-13,16-19,25-26,29-36,39,45-46,49-50H,1,5-6,9,14-15,20-23H2,2-4H3/t25-,26?,29-,30+,31?,32+,33+,34-,35+,36?,39+,40?,41-,42+,43+,44?/m0/s1. The van der Waals surface area contributed by atoms with E-state index in [-0.39, 0.29) is 24.5 Å². The molecule has 7 fully saturated rings. The quantitative estimate of drug-likeness (QED) is 0.179. The Kier molecular flexibility index (Phi) is 9.19. The second-order valence-electron chi connectivity index (χ2n) is 17.8. The van der Waals surface area contributed by atoms with Crippen LogP contribution in [0.2, 0.25) is 0 Å². The summed E-state index contributed by atoms with van der Waals surface area (Å²) < 4.78 is 40.4. The van der Waals surface area contributed by atoms with Gasteiger partial charge < -0.3 is 48.8 Å². The molecule has 3 aliphatic carbocycles. The summed E-state index contributed by atoms with van der Waals surface area (Å²) in [6.45, 7) is 9.43. The van der Waals surface area contributed by atoms with Crippen LogP contribution in [0.1, 0.15) is 86.4 Å². The van der Waals surface area contributed by atoms with Gasteiger partial charge in [-0.3, -0.25) is 0 Å². The molecule has 0 aromatic heterocycles. The van der Waals surface area contributed by atoms with Crippen molar-refractivity contribution in [1.29, 1.82) is 0 Å². The monoisotopic (exact) mass is 774 g/mol. The molecular weight excluding hydrogens is 720 g/mol. The number of rotatable bonds is 7. The van der Waals surface area contributed by atoms with E-state index in [1.807, 2.05) is 19.9 Å². The number of fused-ring (bicyclic) bond motifs is 1. The van der Waals surface area contributed by atoms with Crippen LogP contribution in [0.25, 0.3) is 0 Å². The van der Waals surface area contributed by atoms with Crippen molar-refractivity contribution in [1.82, 2.24) is 0 Å². The number of hydrogen-bond donors (Lipinski definition) is 4. The van der Waals surface area contributed by atoms with E-state index in [0.29, 0.717) is 24.0 Å². The third-order valence-corrected chi connectivity index (χ3v) is 14.9. The molecule has 3 saturated carbocycles. The highest BCUT2D eigenvalue weighted by atomic mass is 16.9. The van der Waals surface area contributed by atoms with Gasteiger partial charge in [-0.25, -0.2) is 9.59 Å². The van der Waals surface area contributed by atoms with Gasteiger partial charge in [0.1, 0.15) is 47.3 Å². The van der Waals surface area contributed by atoms with Crippen molar-refractivity contribution in [2.75, 3.05) is 13.2 Å². The lowest BCUT2D eigenvalue weighted by molar-refractivity contribution is -0.459. The molecule has 12 heteroatoms. The van der Waals surface area contributed by atoms with Crippen molar-refractivity contribution in [2.24, 2.45) is 35.5 Å². The highest BCUT2D eigenvalue weighted by Gasteiger charge is 2.91. The summed E-state index contributed by atoms with van der Waals surface area (Å²) in [5, 5.41) is 50.1. The molecule has 2 spiro atoms. The van der Waals surface area contributed by atoms with E-state index >= 15 is 0 Å². The van der Waals surface area contributed by atoms with Gasteiger partial charge in [-0.1, -0.05) is 88.9 Å². The van der Waals surface area contributed by atoms with E-state index in [2.05, 4.69) is 13.5 Å². The minimum atomic E-state index is -2.27. The van der Waals surface area contributed by atoms with Crippen LogP contribution in [-0.2, 0) is 28.4 Å². The Bertz CT molecular complexity index is 1860. The number of benzene rings is 2. The zero-order chi connectivity index (χ0) is 39.4. The number of ether oxygens (including phenoxy) is 6. The SMILES string of the molecule is C=C(C)C12C[C@@H](COC(=O)c3ccccc3)[C@@]34OC5(O[C@@H]1[C@@H]3C1O[C@]1(CO)[C@@H](O)[C@@]1(O)[C@H]4C(C(C)[C@@H]1OC(=O)c1ccccc1)[C@@H](C)CCCCCC[C@H]5O)O2. The van der Waals surface area contributed by atoms with Gasteiger partial charge in [-0.2, -0.15) is 0 Å². The first-order valence-corrected chi connectivity index (χ1v) is 20.4. The normalized spacial score (nSPS) is 47.3. The van der Waals surface area contributed by atoms with Crippen LogP contribution in [0.15, 0.2) is 72.8 Å². The predicted molar refractivity (Wildman–Crippen MR) is 199 cm³/mol. The molecule has 16 atom stereocenters. The minimum absolute atomic E-state index is 0.0865. The zero-order valence-corrected chi connectivity index (χ0v) is 32.3. The molecule has 0 radical (unpaired) electrons. The number of aliphatic hydroxyl groups excluding tert-OH is 3. The Hall–Kier alpha value is -3.20. The molecule has 302 valence electrons. The van der Waals surface area contributed by atoms with Gasteiger partial charge in [0.2, 0.25) is 0 Å². The number of aliphatic hydroxyl groups is 4. The summed E-state index contributed by atoms with van der Waals surface area (Å²) in [5.74, 6) is -6.91. The molecule has 9 rings (SSSR count). The van der Waals surface area contributed by atoms with Crippen LogP contribution >= 0.6 is 0 Å². The summed E-state index contributed by atoms with van der Waals surface area (Å²) in [6.07, 6.45) is -1.51. The molecule has 4 N–H and O–H groups in total. The predicted octanol–water partition coefficient (Wildman–Crippen LogP) is 4.33. The highest BCUT2D eigenvalue weighted by Crippen LogP contribution is 2.75. The highest BCUT2D eigenvalue weighted by molar-refractivity contribution is 5.90. The van der Waals surface area contributed by atoms with Crippen molar-refractivity contribution >= 4 is 11.9 Å². The lowest BCUT2D eigenvalue weighted by atomic mass is 9.51. The molecule has 56 heavy (non-hydrogen) atoms. The van der Waals surface area contributed by atoms with Crippen molar-refractivity contribution in [3.63, 3.8) is 0 Å². The molecule has 4 heterocycles. The zero-order valence-electron chi connectivity index (χ0n) is 32.3. The van der Waals surface area contributed by atoms with Crippen molar-refractivity contribution in [3.05, 3.63) is 83.9 Å². The molecule has 5 unspecified atom stereocenters. The van der Waals surface area contributed by atoms with E-state index in [4.69, 9.17) is 28.4 Å². The molecule has 7 aliphatic rings. The maximum Gasteiger partial charge on any atom is 0.338 e. The lowest BCUT2D eigenvalue weighted by Crippen LogP contribution is -2.75. The average Bonchev–Trinajstić information content (AvgIpc) is 3.84. The molecule has 12 nitrogen and oxygen atoms in total. The second kappa shape index (κ2) is 13.4. The van der Waals surface area contributed by atoms with E-state index in [1.165, 1.54) is 0 Å². The van der Waals surface area contributed by atoms with Crippen molar-refractivity contribution in [2.45, 2.75) is 125 Å². The smallest absolute Gasteiger partial charge is 0.338 e. The number of epoxide rings is 1. The van der Waals surface area contributed by atoms with E-state index in [1.54, 1.807) is 54.6 Å². The van der Waals surface area contributed by atoms with Crippen molar-refractivity contribution in [3.8, 4) is 0 Å². The van der Waals surface area contributed by atoms with E-state index < -0.39 is 107 Å². The summed E-state index contributed by atoms with van der Waals surface area (Å²) in [4.78, 5) is 27.7. The average molecular weight is 775 g/mol. The Morgan fingerprint density at radius 2 is 1.52 bits per heavy atom. The van der Waals surface area contributed by atoms with Crippen LogP contribution in [0.4, 0.5) is 0 Å². The van der Waals surface area contributed by atoms with Crippen LogP contribution in [-0.4, -0.2) is 104 Å². The fourth-order valence-electron chi connectivity index (χ4n) is 12.4. The number of esters is 2. The third kappa shape index (κ3) is 5.12. The maximum absolute atomic E-state index is 14.0. The topological polar surface area (TPSA) is 174 Å². The van der Waals surface area contributed by atoms with Gasteiger partial charge in [0.05, 0.1) is 29.9 Å². The number of carbonyl (C=O) groups is 2. The Balaban J connectivity index is 1.28. The Morgan fingerprint density at radius 1 is 0.875 bits per heavy atom. The second-order valence-corrected chi connectivity index (χ2v) is 17.8. The van der Waals surface area contributed by atoms with Crippen LogP contribution < -0.4 is 0 Å². The molecule has 4 aliphatic heterocycles. The molecule has 0 amide bonds. The van der Waals surface area contributed by atoms with Crippen molar-refractivity contribution < 1.29 is 58.4 Å². The van der Waals surface area contributed by atoms with Gasteiger partial charge in [-0.15, -0.1) is 0 Å². The molecule has 2 aromatic carbocycles. The van der Waals surface area contributed by atoms with Gasteiger partial charge in [0, 0.05) is 17.8 Å². The molecule has 3 bridgehead atoms. The van der Waals surface area contributed by atoms with Gasteiger partial charge in [0.25, 0.3) is 0 Å².